The van der Waals surface area contributed by atoms with E-state index in [0.29, 0.717) is 17.3 Å². The van der Waals surface area contributed by atoms with Crippen molar-refractivity contribution < 1.29 is 18.7 Å². The van der Waals surface area contributed by atoms with E-state index in [0.717, 1.165) is 0 Å². The zero-order chi connectivity index (χ0) is 10.0. The lowest BCUT2D eigenvalue weighted by atomic mass is 10.3. The summed E-state index contributed by atoms with van der Waals surface area (Å²) in [4.78, 5) is 11.1. The van der Waals surface area contributed by atoms with Gasteiger partial charge in [0.25, 0.3) is 0 Å². The highest BCUT2D eigenvalue weighted by atomic mass is 16.5. The molecule has 0 aliphatic carbocycles. The SMILES string of the molecule is COc1c(C)oc(C(C)=O)c1OC. The van der Waals surface area contributed by atoms with Gasteiger partial charge in [0.15, 0.2) is 5.78 Å². The molecule has 0 N–H and O–H groups in total. The molecule has 0 spiro atoms. The zero-order valence-corrected chi connectivity index (χ0v) is 8.13. The maximum absolute atomic E-state index is 11.1. The summed E-state index contributed by atoms with van der Waals surface area (Å²) in [5.41, 5.74) is 0. The Morgan fingerprint density at radius 3 is 2.15 bits per heavy atom. The third-order valence-corrected chi connectivity index (χ3v) is 1.72. The Morgan fingerprint density at radius 1 is 1.23 bits per heavy atom. The lowest BCUT2D eigenvalue weighted by molar-refractivity contribution is 0.0982. The molecule has 1 aromatic rings. The van der Waals surface area contributed by atoms with Crippen LogP contribution in [0.2, 0.25) is 0 Å². The summed E-state index contributed by atoms with van der Waals surface area (Å²) < 4.78 is 15.2. The normalized spacial score (nSPS) is 9.85. The number of rotatable bonds is 3. The third-order valence-electron chi connectivity index (χ3n) is 1.72. The number of Topliss-reactive ketones (excluding diaryl/α,β-unsaturated/α-hetero) is 1. The van der Waals surface area contributed by atoms with Gasteiger partial charge in [-0.1, -0.05) is 0 Å². The van der Waals surface area contributed by atoms with Crippen LogP contribution in [0.1, 0.15) is 23.2 Å². The maximum atomic E-state index is 11.1. The van der Waals surface area contributed by atoms with Gasteiger partial charge in [0.05, 0.1) is 14.2 Å². The second kappa shape index (κ2) is 3.51. The molecule has 72 valence electrons. The van der Waals surface area contributed by atoms with Gasteiger partial charge in [-0.2, -0.15) is 0 Å². The second-order valence-corrected chi connectivity index (χ2v) is 2.61. The number of methoxy groups -OCH3 is 2. The predicted octanol–water partition coefficient (Wildman–Crippen LogP) is 1.81. The Balaban J connectivity index is 3.29. The number of ether oxygens (including phenoxy) is 2. The van der Waals surface area contributed by atoms with Crippen LogP contribution in [-0.4, -0.2) is 20.0 Å². The van der Waals surface area contributed by atoms with E-state index < -0.39 is 0 Å². The number of aryl methyl sites for hydroxylation is 1. The quantitative estimate of drug-likeness (QED) is 0.672. The molecule has 0 amide bonds. The predicted molar refractivity (Wildman–Crippen MR) is 46.6 cm³/mol. The molecule has 1 aromatic heterocycles. The minimum Gasteiger partial charge on any atom is -0.490 e. The van der Waals surface area contributed by atoms with Crippen molar-refractivity contribution in [3.05, 3.63) is 11.5 Å². The van der Waals surface area contributed by atoms with Crippen molar-refractivity contribution in [1.82, 2.24) is 0 Å². The number of hydrogen-bond donors (Lipinski definition) is 0. The summed E-state index contributed by atoms with van der Waals surface area (Å²) in [6, 6.07) is 0. The Labute approximate surface area is 76.4 Å². The van der Waals surface area contributed by atoms with E-state index in [-0.39, 0.29) is 11.5 Å². The van der Waals surface area contributed by atoms with E-state index >= 15 is 0 Å². The molecule has 4 nitrogen and oxygen atoms in total. The van der Waals surface area contributed by atoms with Crippen LogP contribution in [0.5, 0.6) is 11.5 Å². The first-order valence-corrected chi connectivity index (χ1v) is 3.84. The van der Waals surface area contributed by atoms with Crippen molar-refractivity contribution in [2.45, 2.75) is 13.8 Å². The van der Waals surface area contributed by atoms with Gasteiger partial charge in [0.1, 0.15) is 5.76 Å². The Morgan fingerprint density at radius 2 is 1.77 bits per heavy atom. The maximum Gasteiger partial charge on any atom is 0.215 e. The molecule has 0 fully saturated rings. The molecule has 0 saturated carbocycles. The fraction of sp³-hybridized carbons (Fsp3) is 0.444. The molecule has 0 saturated heterocycles. The Hall–Kier alpha value is -1.45. The Bertz CT molecular complexity index is 325. The number of carbonyl (C=O) groups is 1. The summed E-state index contributed by atoms with van der Waals surface area (Å²) in [6.45, 7) is 3.13. The summed E-state index contributed by atoms with van der Waals surface area (Å²) in [5.74, 6) is 1.42. The van der Waals surface area contributed by atoms with Gasteiger partial charge in [-0.3, -0.25) is 4.79 Å². The van der Waals surface area contributed by atoms with Gasteiger partial charge in [-0.05, 0) is 6.92 Å². The fourth-order valence-electron chi connectivity index (χ4n) is 1.16. The van der Waals surface area contributed by atoms with Gasteiger partial charge in [0, 0.05) is 6.92 Å². The molecule has 0 atom stereocenters. The van der Waals surface area contributed by atoms with Crippen LogP contribution in [0.15, 0.2) is 4.42 Å². The zero-order valence-electron chi connectivity index (χ0n) is 8.13. The molecule has 0 aromatic carbocycles. The highest BCUT2D eigenvalue weighted by Gasteiger charge is 2.22. The highest BCUT2D eigenvalue weighted by molar-refractivity contribution is 5.95. The average Bonchev–Trinajstić information content (AvgIpc) is 2.41. The highest BCUT2D eigenvalue weighted by Crippen LogP contribution is 2.37. The summed E-state index contributed by atoms with van der Waals surface area (Å²) in [7, 11) is 2.98. The van der Waals surface area contributed by atoms with Crippen LogP contribution < -0.4 is 9.47 Å². The molecule has 0 radical (unpaired) electrons. The molecular formula is C9H12O4. The number of furan rings is 1. The van der Waals surface area contributed by atoms with Crippen molar-refractivity contribution in [2.75, 3.05) is 14.2 Å². The van der Waals surface area contributed by atoms with Crippen LogP contribution in [0.4, 0.5) is 0 Å². The van der Waals surface area contributed by atoms with E-state index in [9.17, 15) is 4.79 Å². The van der Waals surface area contributed by atoms with Crippen molar-refractivity contribution >= 4 is 5.78 Å². The van der Waals surface area contributed by atoms with Crippen LogP contribution in [0.3, 0.4) is 0 Å². The summed E-state index contributed by atoms with van der Waals surface area (Å²) in [6.07, 6.45) is 0. The van der Waals surface area contributed by atoms with Gasteiger partial charge >= 0.3 is 0 Å². The van der Waals surface area contributed by atoms with E-state index in [1.807, 2.05) is 0 Å². The van der Waals surface area contributed by atoms with Crippen LogP contribution >= 0.6 is 0 Å². The first-order chi connectivity index (χ1) is 6.11. The molecule has 0 unspecified atom stereocenters. The van der Waals surface area contributed by atoms with Gasteiger partial charge in [-0.15, -0.1) is 0 Å². The minimum absolute atomic E-state index is 0.178. The first-order valence-electron chi connectivity index (χ1n) is 3.84. The minimum atomic E-state index is -0.178. The topological polar surface area (TPSA) is 48.7 Å². The average molecular weight is 184 g/mol. The number of ketones is 1. The van der Waals surface area contributed by atoms with Gasteiger partial charge in [0.2, 0.25) is 17.3 Å². The van der Waals surface area contributed by atoms with Gasteiger partial charge in [-0.25, -0.2) is 0 Å². The monoisotopic (exact) mass is 184 g/mol. The van der Waals surface area contributed by atoms with E-state index in [2.05, 4.69) is 0 Å². The molecule has 1 heterocycles. The number of hydrogen-bond acceptors (Lipinski definition) is 4. The Kier molecular flexibility index (Phi) is 2.60. The van der Waals surface area contributed by atoms with Crippen LogP contribution in [0, 0.1) is 6.92 Å². The standard InChI is InChI=1S/C9H12O4/c1-5(10)7-9(12-4)8(11-3)6(2)13-7/h1-4H3. The third kappa shape index (κ3) is 1.52. The van der Waals surface area contributed by atoms with E-state index in [4.69, 9.17) is 13.9 Å². The van der Waals surface area contributed by atoms with Crippen molar-refractivity contribution in [3.63, 3.8) is 0 Å². The molecule has 1 rings (SSSR count). The summed E-state index contributed by atoms with van der Waals surface area (Å²) >= 11 is 0. The van der Waals surface area contributed by atoms with E-state index in [1.54, 1.807) is 6.92 Å². The molecule has 0 aliphatic heterocycles. The molecular weight excluding hydrogens is 172 g/mol. The largest absolute Gasteiger partial charge is 0.490 e. The van der Waals surface area contributed by atoms with E-state index in [1.165, 1.54) is 21.1 Å². The molecule has 0 aliphatic rings. The lowest BCUT2D eigenvalue weighted by Crippen LogP contribution is -1.94. The second-order valence-electron chi connectivity index (χ2n) is 2.61. The fourth-order valence-corrected chi connectivity index (χ4v) is 1.16. The van der Waals surface area contributed by atoms with Crippen molar-refractivity contribution in [1.29, 1.82) is 0 Å². The lowest BCUT2D eigenvalue weighted by Gasteiger charge is -2.00. The molecule has 13 heavy (non-hydrogen) atoms. The van der Waals surface area contributed by atoms with Crippen LogP contribution in [-0.2, 0) is 0 Å². The summed E-state index contributed by atoms with van der Waals surface area (Å²) in [5, 5.41) is 0. The first kappa shape index (κ1) is 9.64. The molecule has 4 heteroatoms. The smallest absolute Gasteiger partial charge is 0.215 e. The molecule has 0 bridgehead atoms. The van der Waals surface area contributed by atoms with Gasteiger partial charge < -0.3 is 13.9 Å². The van der Waals surface area contributed by atoms with Crippen molar-refractivity contribution in [2.24, 2.45) is 0 Å². The van der Waals surface area contributed by atoms with Crippen LogP contribution in [0.25, 0.3) is 0 Å². The number of carbonyl (C=O) groups excluding carboxylic acids is 1. The van der Waals surface area contributed by atoms with Crippen molar-refractivity contribution in [3.8, 4) is 11.5 Å².